The van der Waals surface area contributed by atoms with Crippen molar-refractivity contribution in [3.8, 4) is 0 Å². The van der Waals surface area contributed by atoms with E-state index in [0.29, 0.717) is 13.0 Å². The Kier molecular flexibility index (Phi) is 9.37. The number of carbonyl (C=O) groups is 3. The standard InChI is InChI=1S/C23H29N3O4/c1-3-30-22(28)20(16-18-10-6-4-7-11-18)25-21(27)14-15-24-23(29)26(2)17-19-12-8-5-9-13-19/h4-13,20H,3,14-17H2,1-2H3,(H,24,29)(H,25,27). The summed E-state index contributed by atoms with van der Waals surface area (Å²) < 4.78 is 5.08. The molecule has 0 fully saturated rings. The van der Waals surface area contributed by atoms with Gasteiger partial charge in [-0.1, -0.05) is 60.7 Å². The van der Waals surface area contributed by atoms with Crippen molar-refractivity contribution in [2.75, 3.05) is 20.2 Å². The average Bonchev–Trinajstić information content (AvgIpc) is 2.74. The summed E-state index contributed by atoms with van der Waals surface area (Å²) in [6.07, 6.45) is 0.410. The van der Waals surface area contributed by atoms with Crippen LogP contribution in [0.4, 0.5) is 4.79 Å². The van der Waals surface area contributed by atoms with Gasteiger partial charge in [0.2, 0.25) is 5.91 Å². The summed E-state index contributed by atoms with van der Waals surface area (Å²) in [5.74, 6) is -0.795. The Morgan fingerprint density at radius 1 is 0.967 bits per heavy atom. The van der Waals surface area contributed by atoms with Crippen LogP contribution in [-0.4, -0.2) is 49.0 Å². The smallest absolute Gasteiger partial charge is 0.328 e. The van der Waals surface area contributed by atoms with Crippen LogP contribution in [0.2, 0.25) is 0 Å². The van der Waals surface area contributed by atoms with Crippen molar-refractivity contribution in [2.45, 2.75) is 32.4 Å². The molecular formula is C23H29N3O4. The fraction of sp³-hybridized carbons (Fsp3) is 0.348. The third-order valence-electron chi connectivity index (χ3n) is 4.43. The van der Waals surface area contributed by atoms with E-state index in [1.807, 2.05) is 60.7 Å². The van der Waals surface area contributed by atoms with E-state index in [4.69, 9.17) is 4.74 Å². The normalized spacial score (nSPS) is 11.3. The fourth-order valence-corrected chi connectivity index (χ4v) is 2.90. The van der Waals surface area contributed by atoms with Gasteiger partial charge in [0, 0.05) is 33.0 Å². The fourth-order valence-electron chi connectivity index (χ4n) is 2.90. The van der Waals surface area contributed by atoms with Gasteiger partial charge in [0.1, 0.15) is 6.04 Å². The van der Waals surface area contributed by atoms with Crippen molar-refractivity contribution < 1.29 is 19.1 Å². The topological polar surface area (TPSA) is 87.7 Å². The van der Waals surface area contributed by atoms with Crippen LogP contribution < -0.4 is 10.6 Å². The van der Waals surface area contributed by atoms with Crippen LogP contribution in [0.1, 0.15) is 24.5 Å². The monoisotopic (exact) mass is 411 g/mol. The average molecular weight is 412 g/mol. The second-order valence-electron chi connectivity index (χ2n) is 6.89. The number of nitrogens with one attached hydrogen (secondary N) is 2. The maximum Gasteiger partial charge on any atom is 0.328 e. The van der Waals surface area contributed by atoms with Crippen LogP contribution in [0.25, 0.3) is 0 Å². The quantitative estimate of drug-likeness (QED) is 0.588. The largest absolute Gasteiger partial charge is 0.464 e. The lowest BCUT2D eigenvalue weighted by molar-refractivity contribution is -0.147. The molecule has 0 saturated heterocycles. The van der Waals surface area contributed by atoms with Gasteiger partial charge < -0.3 is 20.3 Å². The number of benzene rings is 2. The lowest BCUT2D eigenvalue weighted by atomic mass is 10.1. The molecule has 1 atom stereocenters. The molecule has 2 rings (SSSR count). The predicted octanol–water partition coefficient (Wildman–Crippen LogP) is 2.51. The van der Waals surface area contributed by atoms with Crippen LogP contribution in [0.15, 0.2) is 60.7 Å². The highest BCUT2D eigenvalue weighted by molar-refractivity contribution is 5.85. The Morgan fingerprint density at radius 3 is 2.17 bits per heavy atom. The van der Waals surface area contributed by atoms with Crippen LogP contribution in [-0.2, 0) is 27.3 Å². The SMILES string of the molecule is CCOC(=O)C(Cc1ccccc1)NC(=O)CCNC(=O)N(C)Cc1ccccc1. The van der Waals surface area contributed by atoms with E-state index in [-0.39, 0.29) is 31.5 Å². The van der Waals surface area contributed by atoms with E-state index in [1.165, 1.54) is 0 Å². The van der Waals surface area contributed by atoms with Crippen molar-refractivity contribution in [3.05, 3.63) is 71.8 Å². The summed E-state index contributed by atoms with van der Waals surface area (Å²) in [5.41, 5.74) is 1.94. The molecule has 160 valence electrons. The van der Waals surface area contributed by atoms with E-state index in [0.717, 1.165) is 11.1 Å². The van der Waals surface area contributed by atoms with Crippen LogP contribution >= 0.6 is 0 Å². The second kappa shape index (κ2) is 12.3. The zero-order chi connectivity index (χ0) is 21.8. The molecular weight excluding hydrogens is 382 g/mol. The molecule has 0 heterocycles. The minimum absolute atomic E-state index is 0.0651. The summed E-state index contributed by atoms with van der Waals surface area (Å²) in [7, 11) is 1.69. The number of hydrogen-bond acceptors (Lipinski definition) is 4. The van der Waals surface area contributed by atoms with Gasteiger partial charge in [0.15, 0.2) is 0 Å². The van der Waals surface area contributed by atoms with Gasteiger partial charge in [0.25, 0.3) is 0 Å². The molecule has 2 aromatic carbocycles. The molecule has 0 spiro atoms. The second-order valence-corrected chi connectivity index (χ2v) is 6.89. The molecule has 30 heavy (non-hydrogen) atoms. The maximum absolute atomic E-state index is 12.3. The van der Waals surface area contributed by atoms with Crippen molar-refractivity contribution in [2.24, 2.45) is 0 Å². The number of amides is 3. The van der Waals surface area contributed by atoms with Crippen LogP contribution in [0.5, 0.6) is 0 Å². The first-order chi connectivity index (χ1) is 14.5. The number of ether oxygens (including phenoxy) is 1. The summed E-state index contributed by atoms with van der Waals surface area (Å²) >= 11 is 0. The molecule has 0 aromatic heterocycles. The van der Waals surface area contributed by atoms with Crippen LogP contribution in [0.3, 0.4) is 0 Å². The van der Waals surface area contributed by atoms with Gasteiger partial charge in [0.05, 0.1) is 6.61 Å². The Bertz CT molecular complexity index is 812. The molecule has 0 saturated carbocycles. The summed E-state index contributed by atoms with van der Waals surface area (Å²) in [5, 5.41) is 5.44. The highest BCUT2D eigenvalue weighted by atomic mass is 16.5. The van der Waals surface area contributed by atoms with E-state index < -0.39 is 12.0 Å². The number of urea groups is 1. The number of esters is 1. The van der Waals surface area contributed by atoms with Crippen molar-refractivity contribution in [1.82, 2.24) is 15.5 Å². The number of nitrogens with zero attached hydrogens (tertiary/aromatic N) is 1. The van der Waals surface area contributed by atoms with Gasteiger partial charge in [-0.2, -0.15) is 0 Å². The maximum atomic E-state index is 12.3. The van der Waals surface area contributed by atoms with Crippen molar-refractivity contribution in [3.63, 3.8) is 0 Å². The lowest BCUT2D eigenvalue weighted by Gasteiger charge is -2.19. The molecule has 0 aliphatic rings. The number of rotatable bonds is 10. The van der Waals surface area contributed by atoms with E-state index in [2.05, 4.69) is 10.6 Å². The van der Waals surface area contributed by atoms with E-state index >= 15 is 0 Å². The number of carbonyl (C=O) groups excluding carboxylic acids is 3. The highest BCUT2D eigenvalue weighted by Crippen LogP contribution is 2.06. The zero-order valence-corrected chi connectivity index (χ0v) is 17.5. The molecule has 2 aromatic rings. The minimum Gasteiger partial charge on any atom is -0.464 e. The summed E-state index contributed by atoms with van der Waals surface area (Å²) in [4.78, 5) is 38.3. The first kappa shape index (κ1) is 22.9. The molecule has 0 aliphatic carbocycles. The Hall–Kier alpha value is -3.35. The predicted molar refractivity (Wildman–Crippen MR) is 115 cm³/mol. The van der Waals surface area contributed by atoms with Crippen molar-refractivity contribution in [1.29, 1.82) is 0 Å². The Balaban J connectivity index is 1.80. The summed E-state index contributed by atoms with van der Waals surface area (Å²) in [6.45, 7) is 2.61. The van der Waals surface area contributed by atoms with Gasteiger partial charge in [-0.15, -0.1) is 0 Å². The zero-order valence-electron chi connectivity index (χ0n) is 17.5. The molecule has 0 bridgehead atoms. The van der Waals surface area contributed by atoms with Gasteiger partial charge in [-0.3, -0.25) is 4.79 Å². The first-order valence-corrected chi connectivity index (χ1v) is 10.0. The van der Waals surface area contributed by atoms with E-state index in [9.17, 15) is 14.4 Å². The third kappa shape index (κ3) is 7.95. The van der Waals surface area contributed by atoms with Crippen molar-refractivity contribution >= 4 is 17.9 Å². The van der Waals surface area contributed by atoms with Crippen LogP contribution in [0, 0.1) is 0 Å². The van der Waals surface area contributed by atoms with E-state index in [1.54, 1.807) is 18.9 Å². The minimum atomic E-state index is -0.767. The molecule has 0 aliphatic heterocycles. The van der Waals surface area contributed by atoms with Gasteiger partial charge in [-0.25, -0.2) is 9.59 Å². The lowest BCUT2D eigenvalue weighted by Crippen LogP contribution is -2.45. The third-order valence-corrected chi connectivity index (χ3v) is 4.43. The molecule has 2 N–H and O–H groups in total. The molecule has 7 nitrogen and oxygen atoms in total. The first-order valence-electron chi connectivity index (χ1n) is 10.0. The molecule has 1 unspecified atom stereocenters. The highest BCUT2D eigenvalue weighted by Gasteiger charge is 2.22. The molecule has 7 heteroatoms. The Labute approximate surface area is 177 Å². The summed E-state index contributed by atoms with van der Waals surface area (Å²) in [6, 6.07) is 18.0. The molecule has 3 amide bonds. The molecule has 0 radical (unpaired) electrons. The number of hydrogen-bond donors (Lipinski definition) is 2. The van der Waals surface area contributed by atoms with Gasteiger partial charge in [-0.05, 0) is 18.1 Å². The van der Waals surface area contributed by atoms with Gasteiger partial charge >= 0.3 is 12.0 Å². The Morgan fingerprint density at radius 2 is 1.57 bits per heavy atom.